The van der Waals surface area contributed by atoms with E-state index in [0.29, 0.717) is 5.56 Å². The highest BCUT2D eigenvalue weighted by molar-refractivity contribution is 5.98. The van der Waals surface area contributed by atoms with Gasteiger partial charge in [0.15, 0.2) is 17.3 Å². The van der Waals surface area contributed by atoms with Gasteiger partial charge in [0.1, 0.15) is 0 Å². The lowest BCUT2D eigenvalue weighted by Gasteiger charge is -2.18. The van der Waals surface area contributed by atoms with E-state index in [1.165, 1.54) is 0 Å². The van der Waals surface area contributed by atoms with Crippen LogP contribution in [0.5, 0.6) is 11.5 Å². The van der Waals surface area contributed by atoms with Gasteiger partial charge in [-0.05, 0) is 43.9 Å². The van der Waals surface area contributed by atoms with Gasteiger partial charge in [-0.3, -0.25) is 14.4 Å². The summed E-state index contributed by atoms with van der Waals surface area (Å²) < 4.78 is 11.5. The molecule has 6 nitrogen and oxygen atoms in total. The van der Waals surface area contributed by atoms with Gasteiger partial charge in [-0.2, -0.15) is 0 Å². The number of benzene rings is 1. The monoisotopic (exact) mass is 457 g/mol. The Labute approximate surface area is 197 Å². The first-order valence-corrected chi connectivity index (χ1v) is 12.8. The second-order valence-corrected chi connectivity index (χ2v) is 9.84. The number of carbonyl (C=O) groups is 3. The fraction of sp³-hybridized carbons (Fsp3) is 0.667. The summed E-state index contributed by atoms with van der Waals surface area (Å²) in [5, 5.41) is 3.12. The van der Waals surface area contributed by atoms with Crippen molar-refractivity contribution >= 4 is 17.7 Å². The van der Waals surface area contributed by atoms with Gasteiger partial charge in [0.2, 0.25) is 0 Å². The zero-order chi connectivity index (χ0) is 23.6. The summed E-state index contributed by atoms with van der Waals surface area (Å²) in [7, 11) is 0. The predicted octanol–water partition coefficient (Wildman–Crippen LogP) is 5.62. The fourth-order valence-electron chi connectivity index (χ4n) is 4.66. The molecule has 0 radical (unpaired) electrons. The number of nitrogens with one attached hydrogen (secondary N) is 1. The van der Waals surface area contributed by atoms with Crippen LogP contribution >= 0.6 is 0 Å². The van der Waals surface area contributed by atoms with Crippen LogP contribution in [0, 0.1) is 11.8 Å². The van der Waals surface area contributed by atoms with E-state index in [-0.39, 0.29) is 53.6 Å². The number of hydrogen-bond donors (Lipinski definition) is 1. The van der Waals surface area contributed by atoms with Crippen LogP contribution in [0.4, 0.5) is 0 Å². The lowest BCUT2D eigenvalue weighted by Crippen LogP contribution is -2.29. The number of ether oxygens (including phenoxy) is 2. The minimum Gasteiger partial charge on any atom is -0.422 e. The maximum atomic E-state index is 12.9. The molecule has 3 rings (SSSR count). The quantitative estimate of drug-likeness (QED) is 0.236. The van der Waals surface area contributed by atoms with Crippen molar-refractivity contribution in [1.82, 2.24) is 5.32 Å². The standard InChI is InChI=1S/C27H39NO5/c1-19(2)28-18-23(29)22-15-16-24(32-26(30)20-11-7-3-4-8-12-20)25(17-22)33-27(31)21-13-9-5-6-10-14-21/h15-17,19-21,28H,3-14,18H2,1-2H3. The highest BCUT2D eigenvalue weighted by Gasteiger charge is 2.27. The molecule has 0 saturated heterocycles. The number of carbonyl (C=O) groups excluding carboxylic acids is 3. The van der Waals surface area contributed by atoms with E-state index in [1.54, 1.807) is 18.2 Å². The minimum absolute atomic E-state index is 0.0999. The van der Waals surface area contributed by atoms with Crippen molar-refractivity contribution in [1.29, 1.82) is 0 Å². The van der Waals surface area contributed by atoms with Gasteiger partial charge in [-0.25, -0.2) is 0 Å². The highest BCUT2D eigenvalue weighted by atomic mass is 16.6. The van der Waals surface area contributed by atoms with E-state index in [4.69, 9.17) is 9.47 Å². The molecule has 2 aliphatic carbocycles. The van der Waals surface area contributed by atoms with E-state index in [2.05, 4.69) is 5.32 Å². The van der Waals surface area contributed by atoms with E-state index in [1.807, 2.05) is 13.8 Å². The Morgan fingerprint density at radius 1 is 0.788 bits per heavy atom. The Balaban J connectivity index is 1.78. The average molecular weight is 458 g/mol. The van der Waals surface area contributed by atoms with E-state index in [9.17, 15) is 14.4 Å². The summed E-state index contributed by atoms with van der Waals surface area (Å²) in [6.07, 6.45) is 11.9. The molecule has 0 unspecified atom stereocenters. The summed E-state index contributed by atoms with van der Waals surface area (Å²) >= 11 is 0. The van der Waals surface area contributed by atoms with Crippen molar-refractivity contribution in [2.75, 3.05) is 6.54 Å². The van der Waals surface area contributed by atoms with Gasteiger partial charge in [0, 0.05) is 11.6 Å². The molecular weight excluding hydrogens is 418 g/mol. The van der Waals surface area contributed by atoms with Crippen LogP contribution in [0.1, 0.15) is 101 Å². The van der Waals surface area contributed by atoms with Crippen molar-refractivity contribution in [3.63, 3.8) is 0 Å². The van der Waals surface area contributed by atoms with Crippen molar-refractivity contribution in [2.45, 2.75) is 96.9 Å². The molecule has 0 bridgehead atoms. The van der Waals surface area contributed by atoms with Crippen LogP contribution in [0.2, 0.25) is 0 Å². The first kappa shape index (κ1) is 25.4. The third-order valence-corrected chi connectivity index (χ3v) is 6.73. The zero-order valence-corrected chi connectivity index (χ0v) is 20.2. The summed E-state index contributed by atoms with van der Waals surface area (Å²) in [6.45, 7) is 4.14. The van der Waals surface area contributed by atoms with Crippen LogP contribution in [-0.4, -0.2) is 30.3 Å². The molecule has 0 atom stereocenters. The summed E-state index contributed by atoms with van der Waals surface area (Å²) in [5.41, 5.74) is 0.432. The molecule has 33 heavy (non-hydrogen) atoms. The number of Topliss-reactive ketones (excluding diaryl/α,β-unsaturated/α-hetero) is 1. The molecule has 6 heteroatoms. The first-order chi connectivity index (χ1) is 15.9. The van der Waals surface area contributed by atoms with E-state index < -0.39 is 0 Å². The van der Waals surface area contributed by atoms with Gasteiger partial charge in [0.25, 0.3) is 0 Å². The smallest absolute Gasteiger partial charge is 0.314 e. The first-order valence-electron chi connectivity index (χ1n) is 12.8. The Morgan fingerprint density at radius 2 is 1.27 bits per heavy atom. The largest absolute Gasteiger partial charge is 0.422 e. The molecule has 1 N–H and O–H groups in total. The van der Waals surface area contributed by atoms with Gasteiger partial charge in [0.05, 0.1) is 18.4 Å². The Morgan fingerprint density at radius 3 is 1.76 bits per heavy atom. The molecule has 1 aromatic carbocycles. The Kier molecular flexibility index (Phi) is 9.92. The number of ketones is 1. The van der Waals surface area contributed by atoms with Crippen molar-refractivity contribution in [3.8, 4) is 11.5 Å². The van der Waals surface area contributed by atoms with Crippen molar-refractivity contribution < 1.29 is 23.9 Å². The third-order valence-electron chi connectivity index (χ3n) is 6.73. The average Bonchev–Trinajstić information content (AvgIpc) is 3.24. The molecule has 0 aliphatic heterocycles. The van der Waals surface area contributed by atoms with Crippen molar-refractivity contribution in [3.05, 3.63) is 23.8 Å². The van der Waals surface area contributed by atoms with E-state index in [0.717, 1.165) is 77.0 Å². The van der Waals surface area contributed by atoms with Crippen LogP contribution < -0.4 is 14.8 Å². The van der Waals surface area contributed by atoms with Gasteiger partial charge >= 0.3 is 11.9 Å². The van der Waals surface area contributed by atoms with Gasteiger partial charge < -0.3 is 14.8 Å². The molecule has 1 aromatic rings. The maximum absolute atomic E-state index is 12.9. The SMILES string of the molecule is CC(C)NCC(=O)c1ccc(OC(=O)C2CCCCCC2)c(OC(=O)C2CCCCCC2)c1. The van der Waals surface area contributed by atoms with Gasteiger partial charge in [-0.1, -0.05) is 65.2 Å². The van der Waals surface area contributed by atoms with Crippen LogP contribution in [0.25, 0.3) is 0 Å². The maximum Gasteiger partial charge on any atom is 0.314 e. The Hall–Kier alpha value is -2.21. The van der Waals surface area contributed by atoms with Gasteiger partial charge in [-0.15, -0.1) is 0 Å². The normalized spacial score (nSPS) is 18.4. The summed E-state index contributed by atoms with van der Waals surface area (Å²) in [4.78, 5) is 38.4. The molecule has 2 saturated carbocycles. The topological polar surface area (TPSA) is 81.7 Å². The second-order valence-electron chi connectivity index (χ2n) is 9.84. The minimum atomic E-state index is -0.298. The lowest BCUT2D eigenvalue weighted by atomic mass is 10.0. The molecule has 182 valence electrons. The molecule has 2 fully saturated rings. The molecular formula is C27H39NO5. The summed E-state index contributed by atoms with van der Waals surface area (Å²) in [5.74, 6) is -0.564. The molecule has 0 aromatic heterocycles. The van der Waals surface area contributed by atoms with Crippen molar-refractivity contribution in [2.24, 2.45) is 11.8 Å². The molecule has 2 aliphatic rings. The second kappa shape index (κ2) is 12.9. The van der Waals surface area contributed by atoms with Crippen LogP contribution in [-0.2, 0) is 9.59 Å². The third kappa shape index (κ3) is 7.95. The zero-order valence-electron chi connectivity index (χ0n) is 20.2. The molecule has 0 heterocycles. The Bertz CT molecular complexity index is 803. The number of esters is 2. The summed E-state index contributed by atoms with van der Waals surface area (Å²) in [6, 6.07) is 4.96. The fourth-order valence-corrected chi connectivity index (χ4v) is 4.66. The van der Waals surface area contributed by atoms with Crippen LogP contribution in [0.3, 0.4) is 0 Å². The predicted molar refractivity (Wildman–Crippen MR) is 128 cm³/mol. The number of hydrogen-bond acceptors (Lipinski definition) is 6. The molecule has 0 spiro atoms. The highest BCUT2D eigenvalue weighted by Crippen LogP contribution is 2.33. The molecule has 0 amide bonds. The number of rotatable bonds is 8. The van der Waals surface area contributed by atoms with E-state index >= 15 is 0 Å². The van der Waals surface area contributed by atoms with Crippen LogP contribution in [0.15, 0.2) is 18.2 Å². The lowest BCUT2D eigenvalue weighted by molar-refractivity contribution is -0.142.